The van der Waals surface area contributed by atoms with E-state index in [1.165, 1.54) is 23.1 Å². The van der Waals surface area contributed by atoms with Crippen LogP contribution in [0.25, 0.3) is 0 Å². The second-order valence-electron chi connectivity index (χ2n) is 20.3. The number of nitrogens with one attached hydrogen (secondary N) is 5. The first-order valence-electron chi connectivity index (χ1n) is 25.7. The number of primary amides is 1. The zero-order chi connectivity index (χ0) is 49.9. The van der Waals surface area contributed by atoms with E-state index in [2.05, 4.69) is 21.3 Å². The number of rotatable bonds is 21. The number of piperazine rings is 1. The highest BCUT2D eigenvalue weighted by Gasteiger charge is 2.39. The van der Waals surface area contributed by atoms with E-state index in [-0.39, 0.29) is 83.8 Å². The fourth-order valence-corrected chi connectivity index (χ4v) is 10.6. The van der Waals surface area contributed by atoms with Gasteiger partial charge in [0.05, 0.1) is 31.9 Å². The van der Waals surface area contributed by atoms with E-state index >= 15 is 4.39 Å². The maximum atomic E-state index is 15.0. The van der Waals surface area contributed by atoms with Gasteiger partial charge in [-0.25, -0.2) is 4.39 Å². The van der Waals surface area contributed by atoms with Crippen LogP contribution in [0.15, 0.2) is 66.7 Å². The fraction of sp³-hybridized carbons (Fsp3) is 0.537. The van der Waals surface area contributed by atoms with Crippen molar-refractivity contribution in [3.8, 4) is 0 Å². The van der Waals surface area contributed by atoms with Gasteiger partial charge in [0.1, 0.15) is 11.9 Å². The van der Waals surface area contributed by atoms with Crippen LogP contribution in [-0.4, -0.2) is 147 Å². The molecule has 17 heteroatoms. The number of carbonyl (C=O) groups is 6. The third kappa shape index (κ3) is 13.5. The molecule has 3 saturated heterocycles. The molecular formula is C54H70FN9O7. The van der Waals surface area contributed by atoms with Crippen LogP contribution >= 0.6 is 0 Å². The molecule has 0 spiro atoms. The molecule has 5 fully saturated rings. The molecule has 2 aliphatic carbocycles. The molecule has 2 atom stereocenters. The predicted molar refractivity (Wildman–Crippen MR) is 267 cm³/mol. The molecule has 3 aromatic carbocycles. The van der Waals surface area contributed by atoms with E-state index in [9.17, 15) is 28.8 Å². The van der Waals surface area contributed by atoms with Crippen molar-refractivity contribution in [1.29, 1.82) is 5.41 Å². The van der Waals surface area contributed by atoms with Gasteiger partial charge in [-0.2, -0.15) is 0 Å². The lowest BCUT2D eigenvalue weighted by atomic mass is 9.79. The van der Waals surface area contributed by atoms with Crippen molar-refractivity contribution >= 4 is 41.2 Å². The summed E-state index contributed by atoms with van der Waals surface area (Å²) in [5.74, 6) is -2.06. The number of carbonyl (C=O) groups excluding carboxylic acids is 6. The summed E-state index contributed by atoms with van der Waals surface area (Å²) < 4.78 is 20.7. The lowest BCUT2D eigenvalue weighted by Gasteiger charge is -2.42. The van der Waals surface area contributed by atoms with Crippen LogP contribution in [0, 0.1) is 22.6 Å². The minimum absolute atomic E-state index is 0.0403. The largest absolute Gasteiger partial charge is 0.380 e. The lowest BCUT2D eigenvalue weighted by Crippen LogP contribution is -2.53. The zero-order valence-electron chi connectivity index (χ0n) is 40.8. The topological polar surface area (TPSA) is 219 Å². The third-order valence-electron chi connectivity index (χ3n) is 15.2. The third-order valence-corrected chi connectivity index (χ3v) is 15.2. The standard InChI is InChI=1S/C54H70FN9O7/c55-45-18-15-36(29-46(56)42-13-4-5-14-43(42)50(57)67)28-44(45)53(70)63-26-24-62(25-27-63)47(65)31-58-21-19-54(34-71-35-54)20-22-59-52(69)49(37-8-2-1-3-9-37)61-51(68)39-11-6-10-38(30-39)40-12-7-23-64(33-40)48(66)32-60-41-16-17-41/h4-6,10-11,13-15,18,28,30,37,40-41,49,56,58,60H,1-3,7-9,12,16-17,19-27,29,31-35H2,(H2,57,67)(H,59,69)(H,61,68). The molecule has 6 amide bonds. The van der Waals surface area contributed by atoms with Crippen molar-refractivity contribution in [1.82, 2.24) is 36.0 Å². The first-order chi connectivity index (χ1) is 34.4. The average Bonchev–Trinajstić information content (AvgIpc) is 4.23. The Morgan fingerprint density at radius 2 is 1.46 bits per heavy atom. The molecule has 5 aliphatic rings. The molecule has 3 heterocycles. The summed E-state index contributed by atoms with van der Waals surface area (Å²) >= 11 is 0. The Morgan fingerprint density at radius 1 is 0.746 bits per heavy atom. The molecule has 0 radical (unpaired) electrons. The van der Waals surface area contributed by atoms with Crippen LogP contribution in [0.5, 0.6) is 0 Å². The smallest absolute Gasteiger partial charge is 0.256 e. The van der Waals surface area contributed by atoms with Crippen molar-refractivity contribution in [3.63, 3.8) is 0 Å². The summed E-state index contributed by atoms with van der Waals surface area (Å²) in [6.45, 7) is 5.03. The van der Waals surface area contributed by atoms with Gasteiger partial charge in [-0.1, -0.05) is 55.7 Å². The Bertz CT molecular complexity index is 2430. The number of halogens is 1. The van der Waals surface area contributed by atoms with Gasteiger partial charge in [0.25, 0.3) is 11.8 Å². The summed E-state index contributed by atoms with van der Waals surface area (Å²) in [6.07, 6.45) is 10.5. The van der Waals surface area contributed by atoms with E-state index in [0.717, 1.165) is 76.3 Å². The van der Waals surface area contributed by atoms with Crippen LogP contribution in [0.4, 0.5) is 4.39 Å². The van der Waals surface area contributed by atoms with E-state index in [1.54, 1.807) is 35.2 Å². The van der Waals surface area contributed by atoms with Crippen LogP contribution < -0.4 is 27.0 Å². The number of hydrogen-bond acceptors (Lipinski definition) is 10. The van der Waals surface area contributed by atoms with Crippen LogP contribution in [-0.2, 0) is 25.5 Å². The molecule has 0 bridgehead atoms. The molecule has 7 N–H and O–H groups in total. The number of likely N-dealkylation sites (tertiary alicyclic amines) is 1. The lowest BCUT2D eigenvalue weighted by molar-refractivity contribution is -0.133. The summed E-state index contributed by atoms with van der Waals surface area (Å²) in [7, 11) is 0. The summed E-state index contributed by atoms with van der Waals surface area (Å²) in [6, 6.07) is 18.2. The maximum Gasteiger partial charge on any atom is 0.256 e. The fourth-order valence-electron chi connectivity index (χ4n) is 10.6. The summed E-state index contributed by atoms with van der Waals surface area (Å²) in [5.41, 5.74) is 8.01. The highest BCUT2D eigenvalue weighted by atomic mass is 19.1. The van der Waals surface area contributed by atoms with Gasteiger partial charge in [-0.15, -0.1) is 0 Å². The monoisotopic (exact) mass is 976 g/mol. The van der Waals surface area contributed by atoms with Gasteiger partial charge in [-0.3, -0.25) is 28.8 Å². The van der Waals surface area contributed by atoms with Crippen molar-refractivity contribution in [2.75, 3.05) is 78.7 Å². The second-order valence-corrected chi connectivity index (χ2v) is 20.3. The van der Waals surface area contributed by atoms with E-state index in [1.807, 2.05) is 23.1 Å². The molecular weight excluding hydrogens is 906 g/mol. The van der Waals surface area contributed by atoms with Gasteiger partial charge in [0.2, 0.25) is 23.6 Å². The highest BCUT2D eigenvalue weighted by Crippen LogP contribution is 2.35. The minimum atomic E-state index is -0.678. The Hall–Kier alpha value is -6.04. The Labute approximate surface area is 415 Å². The molecule has 2 saturated carbocycles. The van der Waals surface area contributed by atoms with Crippen molar-refractivity contribution < 1.29 is 37.9 Å². The highest BCUT2D eigenvalue weighted by molar-refractivity contribution is 6.09. The number of ether oxygens (including phenoxy) is 1. The first-order valence-corrected chi connectivity index (χ1v) is 25.7. The number of piperidine rings is 1. The number of hydrogen-bond donors (Lipinski definition) is 6. The number of benzene rings is 3. The van der Waals surface area contributed by atoms with Crippen LogP contribution in [0.3, 0.4) is 0 Å². The van der Waals surface area contributed by atoms with Gasteiger partial charge in [0.15, 0.2) is 0 Å². The minimum Gasteiger partial charge on any atom is -0.380 e. The van der Waals surface area contributed by atoms with Gasteiger partial charge < -0.3 is 51.8 Å². The van der Waals surface area contributed by atoms with Crippen molar-refractivity contribution in [3.05, 3.63) is 106 Å². The van der Waals surface area contributed by atoms with E-state index in [4.69, 9.17) is 15.9 Å². The molecule has 3 aliphatic heterocycles. The van der Waals surface area contributed by atoms with Crippen LogP contribution in [0.1, 0.15) is 124 Å². The molecule has 0 aromatic heterocycles. The normalized spacial score (nSPS) is 19.6. The maximum absolute atomic E-state index is 15.0. The van der Waals surface area contributed by atoms with Crippen molar-refractivity contribution in [2.45, 2.75) is 95.1 Å². The van der Waals surface area contributed by atoms with E-state index < -0.39 is 23.7 Å². The van der Waals surface area contributed by atoms with Gasteiger partial charge >= 0.3 is 0 Å². The Morgan fingerprint density at radius 3 is 2.18 bits per heavy atom. The van der Waals surface area contributed by atoms with Crippen molar-refractivity contribution in [2.24, 2.45) is 17.1 Å². The molecule has 2 unspecified atom stereocenters. The first kappa shape index (κ1) is 51.3. The quantitative estimate of drug-likeness (QED) is 0.0666. The number of nitrogens with two attached hydrogens (primary N) is 1. The van der Waals surface area contributed by atoms with E-state index in [0.29, 0.717) is 81.6 Å². The van der Waals surface area contributed by atoms with Crippen LogP contribution in [0.2, 0.25) is 0 Å². The molecule has 3 aromatic rings. The molecule has 16 nitrogen and oxygen atoms in total. The molecule has 71 heavy (non-hydrogen) atoms. The zero-order valence-corrected chi connectivity index (χ0v) is 40.8. The molecule has 8 rings (SSSR count). The SMILES string of the molecule is N=C(Cc1ccc(F)c(C(=O)N2CCN(C(=O)CNCCC3(CCNC(=O)C(NC(=O)c4cccc(C5CCCN(C(=O)CNC6CC6)C5)c4)C4CCCCC4)COC3)CC2)c1)c1ccccc1C(N)=O. The Kier molecular flexibility index (Phi) is 17.3. The average molecular weight is 976 g/mol. The van der Waals surface area contributed by atoms with Gasteiger partial charge in [0, 0.05) is 92.0 Å². The second kappa shape index (κ2) is 23.9. The van der Waals surface area contributed by atoms with Gasteiger partial charge in [-0.05, 0) is 105 Å². The summed E-state index contributed by atoms with van der Waals surface area (Å²) in [4.78, 5) is 84.6. The number of amides is 6. The Balaban J connectivity index is 0.766. The molecule has 380 valence electrons. The summed E-state index contributed by atoms with van der Waals surface area (Å²) in [5, 5.41) is 21.5. The number of nitrogens with zero attached hydrogens (tertiary/aromatic N) is 3. The predicted octanol–water partition coefficient (Wildman–Crippen LogP) is 4.16.